The number of alkyl halides is 1. The van der Waals surface area contributed by atoms with Gasteiger partial charge in [-0.25, -0.2) is 0 Å². The van der Waals surface area contributed by atoms with Crippen LogP contribution in [0.4, 0.5) is 0 Å². The van der Waals surface area contributed by atoms with E-state index in [1.54, 1.807) is 28.5 Å². The van der Waals surface area contributed by atoms with Crippen LogP contribution in [0.3, 0.4) is 0 Å². The molecule has 0 radical (unpaired) electrons. The number of hydrogen-bond acceptors (Lipinski definition) is 3. The van der Waals surface area contributed by atoms with Crippen molar-refractivity contribution in [2.24, 2.45) is 0 Å². The summed E-state index contributed by atoms with van der Waals surface area (Å²) in [5.74, 6) is 0.399. The Hall–Kier alpha value is -0.190. The first-order valence-electron chi connectivity index (χ1n) is 4.09. The van der Waals surface area contributed by atoms with E-state index < -0.39 is 0 Å². The van der Waals surface area contributed by atoms with Crippen LogP contribution in [-0.4, -0.2) is 11.4 Å². The number of benzene rings is 1. The summed E-state index contributed by atoms with van der Waals surface area (Å²) in [7, 11) is 0. The van der Waals surface area contributed by atoms with Gasteiger partial charge in [0.1, 0.15) is 5.75 Å². The van der Waals surface area contributed by atoms with Crippen molar-refractivity contribution >= 4 is 49.1 Å². The minimum Gasteiger partial charge on any atom is -0.506 e. The molecule has 0 bridgehead atoms. The number of thiophene rings is 1. The Morgan fingerprint density at radius 3 is 2.93 bits per heavy atom. The van der Waals surface area contributed by atoms with Crippen LogP contribution in [0.15, 0.2) is 22.4 Å². The second-order valence-electron chi connectivity index (χ2n) is 2.93. The number of rotatable bonds is 2. The largest absolute Gasteiger partial charge is 0.506 e. The molecule has 1 N–H and O–H groups in total. The van der Waals surface area contributed by atoms with E-state index in [1.165, 1.54) is 5.56 Å². The minimum atomic E-state index is 0.399. The molecule has 0 fully saturated rings. The van der Waals surface area contributed by atoms with Gasteiger partial charge >= 0.3 is 0 Å². The Labute approximate surface area is 99.3 Å². The number of fused-ring (bicyclic) bond motifs is 1. The van der Waals surface area contributed by atoms with E-state index in [2.05, 4.69) is 28.1 Å². The van der Waals surface area contributed by atoms with Crippen LogP contribution >= 0.6 is 39.0 Å². The standard InChI is InChI=1S/C10H9BrOS2/c1-13-8-2-6(4-11)3-9-10(8)7(12)5-14-9/h2-3,5,12H,4H2,1H3. The molecule has 4 heteroatoms. The lowest BCUT2D eigenvalue weighted by Gasteiger charge is -2.03. The highest BCUT2D eigenvalue weighted by Crippen LogP contribution is 2.38. The monoisotopic (exact) mass is 288 g/mol. The quantitative estimate of drug-likeness (QED) is 0.659. The third-order valence-electron chi connectivity index (χ3n) is 2.05. The fraction of sp³-hybridized carbons (Fsp3) is 0.200. The lowest BCUT2D eigenvalue weighted by Crippen LogP contribution is -1.79. The summed E-state index contributed by atoms with van der Waals surface area (Å²) in [6.45, 7) is 0. The normalized spacial score (nSPS) is 11.0. The molecule has 2 rings (SSSR count). The van der Waals surface area contributed by atoms with Crippen LogP contribution in [-0.2, 0) is 5.33 Å². The van der Waals surface area contributed by atoms with E-state index in [0.717, 1.165) is 20.3 Å². The molecule has 0 unspecified atom stereocenters. The van der Waals surface area contributed by atoms with Crippen LogP contribution in [0.1, 0.15) is 5.56 Å². The van der Waals surface area contributed by atoms with Crippen molar-refractivity contribution in [3.8, 4) is 5.75 Å². The molecule has 1 aromatic heterocycles. The summed E-state index contributed by atoms with van der Waals surface area (Å²) in [4.78, 5) is 1.15. The maximum Gasteiger partial charge on any atom is 0.135 e. The maximum atomic E-state index is 9.67. The third-order valence-corrected chi connectivity index (χ3v) is 4.38. The smallest absolute Gasteiger partial charge is 0.135 e. The lowest BCUT2D eigenvalue weighted by molar-refractivity contribution is 0.483. The van der Waals surface area contributed by atoms with Crippen LogP contribution < -0.4 is 0 Å². The van der Waals surface area contributed by atoms with Gasteiger partial charge in [-0.2, -0.15) is 0 Å². The number of hydrogen-bond donors (Lipinski definition) is 1. The lowest BCUT2D eigenvalue weighted by atomic mass is 10.2. The molecular formula is C10H9BrOS2. The summed E-state index contributed by atoms with van der Waals surface area (Å²) >= 11 is 6.71. The summed E-state index contributed by atoms with van der Waals surface area (Å²) in [5.41, 5.74) is 1.25. The number of thioether (sulfide) groups is 1. The molecule has 0 aliphatic heterocycles. The molecule has 0 aliphatic rings. The highest BCUT2D eigenvalue weighted by molar-refractivity contribution is 9.08. The molecule has 0 amide bonds. The van der Waals surface area contributed by atoms with Gasteiger partial charge in [0.2, 0.25) is 0 Å². The minimum absolute atomic E-state index is 0.399. The van der Waals surface area contributed by atoms with E-state index in [4.69, 9.17) is 0 Å². The second kappa shape index (κ2) is 4.13. The molecule has 14 heavy (non-hydrogen) atoms. The van der Waals surface area contributed by atoms with Gasteiger partial charge in [0.25, 0.3) is 0 Å². The predicted molar refractivity (Wildman–Crippen MR) is 67.9 cm³/mol. The van der Waals surface area contributed by atoms with Gasteiger partial charge in [-0.15, -0.1) is 23.1 Å². The van der Waals surface area contributed by atoms with Gasteiger partial charge < -0.3 is 5.11 Å². The topological polar surface area (TPSA) is 20.2 Å². The van der Waals surface area contributed by atoms with E-state index in [9.17, 15) is 5.11 Å². The van der Waals surface area contributed by atoms with Gasteiger partial charge in [0, 0.05) is 25.7 Å². The van der Waals surface area contributed by atoms with Gasteiger partial charge in [-0.1, -0.05) is 15.9 Å². The Bertz CT molecular complexity index is 464. The average molecular weight is 289 g/mol. The molecule has 0 saturated heterocycles. The fourth-order valence-corrected chi connectivity index (χ4v) is 3.39. The summed E-state index contributed by atoms with van der Waals surface area (Å²) < 4.78 is 1.16. The molecule has 0 spiro atoms. The van der Waals surface area contributed by atoms with Gasteiger partial charge in [-0.3, -0.25) is 0 Å². The van der Waals surface area contributed by atoms with Gasteiger partial charge in [-0.05, 0) is 24.0 Å². The molecular weight excluding hydrogens is 280 g/mol. The van der Waals surface area contributed by atoms with Crippen LogP contribution in [0, 0.1) is 0 Å². The molecule has 2 aromatic rings. The van der Waals surface area contributed by atoms with Crippen molar-refractivity contribution in [3.63, 3.8) is 0 Å². The van der Waals surface area contributed by atoms with E-state index in [-0.39, 0.29) is 0 Å². The SMILES string of the molecule is CSc1cc(CBr)cc2scc(O)c12. The fourth-order valence-electron chi connectivity index (χ4n) is 1.41. The summed E-state index contributed by atoms with van der Waals surface area (Å²) in [6.07, 6.45) is 2.03. The molecule has 0 saturated carbocycles. The molecule has 1 nitrogen and oxygen atoms in total. The first-order chi connectivity index (χ1) is 6.76. The zero-order valence-electron chi connectivity index (χ0n) is 7.58. The van der Waals surface area contributed by atoms with E-state index in [1.807, 2.05) is 6.26 Å². The highest BCUT2D eigenvalue weighted by Gasteiger charge is 2.09. The number of halogens is 1. The third kappa shape index (κ3) is 1.66. The van der Waals surface area contributed by atoms with Gasteiger partial charge in [0.05, 0.1) is 0 Å². The summed E-state index contributed by atoms with van der Waals surface area (Å²) in [6, 6.07) is 4.24. The Morgan fingerprint density at radius 1 is 1.50 bits per heavy atom. The Morgan fingerprint density at radius 2 is 2.29 bits per heavy atom. The molecule has 1 heterocycles. The molecule has 1 aromatic carbocycles. The Kier molecular flexibility index (Phi) is 3.04. The van der Waals surface area contributed by atoms with E-state index >= 15 is 0 Å². The molecule has 74 valence electrons. The summed E-state index contributed by atoms with van der Waals surface area (Å²) in [5, 5.41) is 13.3. The van der Waals surface area contributed by atoms with Crippen molar-refractivity contribution in [3.05, 3.63) is 23.1 Å². The average Bonchev–Trinajstić information content (AvgIpc) is 2.59. The number of aromatic hydroxyl groups is 1. The van der Waals surface area contributed by atoms with Crippen molar-refractivity contribution in [2.45, 2.75) is 10.2 Å². The van der Waals surface area contributed by atoms with Crippen LogP contribution in [0.2, 0.25) is 0 Å². The molecule has 0 atom stereocenters. The first-order valence-corrected chi connectivity index (χ1v) is 7.32. The molecule has 0 aliphatic carbocycles. The van der Waals surface area contributed by atoms with Gasteiger partial charge in [0.15, 0.2) is 0 Å². The zero-order chi connectivity index (χ0) is 10.1. The Balaban J connectivity index is 2.76. The maximum absolute atomic E-state index is 9.67. The second-order valence-corrected chi connectivity index (χ2v) is 5.25. The zero-order valence-corrected chi connectivity index (χ0v) is 10.8. The predicted octanol–water partition coefficient (Wildman–Crippen LogP) is 4.22. The van der Waals surface area contributed by atoms with Crippen molar-refractivity contribution < 1.29 is 5.11 Å². The first kappa shape index (κ1) is 10.3. The van der Waals surface area contributed by atoms with Crippen LogP contribution in [0.25, 0.3) is 10.1 Å². The van der Waals surface area contributed by atoms with Crippen molar-refractivity contribution in [1.29, 1.82) is 0 Å². The van der Waals surface area contributed by atoms with E-state index in [0.29, 0.717) is 5.75 Å². The van der Waals surface area contributed by atoms with Crippen molar-refractivity contribution in [2.75, 3.05) is 6.26 Å². The van der Waals surface area contributed by atoms with Crippen LogP contribution in [0.5, 0.6) is 5.75 Å². The van der Waals surface area contributed by atoms with Crippen molar-refractivity contribution in [1.82, 2.24) is 0 Å². The highest BCUT2D eigenvalue weighted by atomic mass is 79.9.